The molecule has 2 heterocycles. The lowest BCUT2D eigenvalue weighted by Crippen LogP contribution is -2.14. The molecule has 0 bridgehead atoms. The number of amides is 1. The second-order valence-electron chi connectivity index (χ2n) is 7.45. The molecular weight excluding hydrogens is 441 g/mol. The monoisotopic (exact) mass is 465 g/mol. The molecule has 0 aliphatic heterocycles. The minimum absolute atomic E-state index is 0.00210. The number of carbonyl (C=O) groups is 2. The highest BCUT2D eigenvalue weighted by atomic mass is 32.1. The molecule has 8 heteroatoms. The molecule has 0 aliphatic carbocycles. The Bertz CT molecular complexity index is 1310. The Balaban J connectivity index is 2.04. The van der Waals surface area contributed by atoms with E-state index in [2.05, 4.69) is 5.32 Å². The first-order chi connectivity index (χ1) is 15.7. The van der Waals surface area contributed by atoms with Crippen LogP contribution in [0.4, 0.5) is 10.1 Å². The number of para-hydroxylation sites is 1. The number of nitrogens with one attached hydrogen (secondary N) is 1. The second-order valence-corrected chi connectivity index (χ2v) is 8.65. The molecule has 3 rings (SSSR count). The molecule has 0 spiro atoms. The first-order valence-electron chi connectivity index (χ1n) is 10.3. The van der Waals surface area contributed by atoms with Gasteiger partial charge in [-0.05, 0) is 70.0 Å². The van der Waals surface area contributed by atoms with Crippen molar-refractivity contribution in [3.8, 4) is 11.1 Å². The number of esters is 1. The van der Waals surface area contributed by atoms with Crippen molar-refractivity contribution >= 4 is 35.0 Å². The lowest BCUT2D eigenvalue weighted by Gasteiger charge is -2.11. The van der Waals surface area contributed by atoms with Gasteiger partial charge in [0.25, 0.3) is 5.91 Å². The van der Waals surface area contributed by atoms with E-state index in [0.29, 0.717) is 11.1 Å². The zero-order valence-corrected chi connectivity index (χ0v) is 19.9. The summed E-state index contributed by atoms with van der Waals surface area (Å²) in [6.45, 7) is 9.60. The normalized spacial score (nSPS) is 11.2. The predicted octanol–water partition coefficient (Wildman–Crippen LogP) is 5.63. The van der Waals surface area contributed by atoms with Crippen LogP contribution in [0.25, 0.3) is 11.1 Å². The Morgan fingerprint density at radius 1 is 1.24 bits per heavy atom. The maximum atomic E-state index is 13.9. The van der Waals surface area contributed by atoms with Gasteiger partial charge in [0.05, 0.1) is 17.9 Å². The van der Waals surface area contributed by atoms with E-state index in [4.69, 9.17) is 4.74 Å². The largest absolute Gasteiger partial charge is 0.462 e. The number of thiophene rings is 1. The number of rotatable bonds is 6. The minimum Gasteiger partial charge on any atom is -0.462 e. The van der Waals surface area contributed by atoms with E-state index < -0.39 is 11.7 Å². The Labute approximate surface area is 195 Å². The van der Waals surface area contributed by atoms with E-state index in [1.165, 1.54) is 35.6 Å². The predicted molar refractivity (Wildman–Crippen MR) is 127 cm³/mol. The molecule has 3 aromatic rings. The van der Waals surface area contributed by atoms with Crippen molar-refractivity contribution in [2.45, 2.75) is 34.6 Å². The van der Waals surface area contributed by atoms with Gasteiger partial charge in [0.15, 0.2) is 0 Å². The number of hydrogen-bond acceptors (Lipinski definition) is 5. The summed E-state index contributed by atoms with van der Waals surface area (Å²) in [5.41, 5.74) is 3.43. The Hall–Kier alpha value is -3.70. The van der Waals surface area contributed by atoms with Gasteiger partial charge < -0.3 is 14.6 Å². The van der Waals surface area contributed by atoms with Crippen molar-refractivity contribution in [1.82, 2.24) is 4.57 Å². The lowest BCUT2D eigenvalue weighted by molar-refractivity contribution is -0.112. The molecule has 1 aromatic carbocycles. The number of aromatic nitrogens is 1. The van der Waals surface area contributed by atoms with E-state index in [9.17, 15) is 19.2 Å². The Morgan fingerprint density at radius 2 is 1.94 bits per heavy atom. The number of nitrogens with zero attached hydrogens (tertiary/aromatic N) is 2. The van der Waals surface area contributed by atoms with E-state index >= 15 is 0 Å². The van der Waals surface area contributed by atoms with Gasteiger partial charge in [-0.3, -0.25) is 4.79 Å². The molecule has 0 atom stereocenters. The van der Waals surface area contributed by atoms with Crippen LogP contribution in [0.2, 0.25) is 0 Å². The van der Waals surface area contributed by atoms with Crippen molar-refractivity contribution in [1.29, 1.82) is 5.26 Å². The fourth-order valence-electron chi connectivity index (χ4n) is 3.51. The fourth-order valence-corrected chi connectivity index (χ4v) is 4.77. The number of halogens is 1. The third-order valence-corrected chi connectivity index (χ3v) is 6.50. The van der Waals surface area contributed by atoms with Crippen LogP contribution in [0, 0.1) is 44.8 Å². The van der Waals surface area contributed by atoms with Gasteiger partial charge in [0.2, 0.25) is 0 Å². The maximum Gasteiger partial charge on any atom is 0.341 e. The number of hydrogen-bond donors (Lipinski definition) is 1. The molecule has 170 valence electrons. The van der Waals surface area contributed by atoms with Crippen LogP contribution >= 0.6 is 11.3 Å². The van der Waals surface area contributed by atoms with Gasteiger partial charge in [0.1, 0.15) is 22.5 Å². The van der Waals surface area contributed by atoms with Crippen molar-refractivity contribution in [3.63, 3.8) is 0 Å². The molecular formula is C25H24FN3O3S. The summed E-state index contributed by atoms with van der Waals surface area (Å²) in [5.74, 6) is -1.68. The van der Waals surface area contributed by atoms with Crippen molar-refractivity contribution in [3.05, 3.63) is 74.7 Å². The average molecular weight is 466 g/mol. The number of nitriles is 1. The van der Waals surface area contributed by atoms with E-state index in [-0.39, 0.29) is 23.8 Å². The first kappa shape index (κ1) is 24.0. The van der Waals surface area contributed by atoms with Crippen LogP contribution < -0.4 is 5.32 Å². The molecule has 33 heavy (non-hydrogen) atoms. The zero-order valence-electron chi connectivity index (χ0n) is 19.1. The van der Waals surface area contributed by atoms with Gasteiger partial charge in [-0.15, -0.1) is 11.3 Å². The molecule has 0 radical (unpaired) electrons. The van der Waals surface area contributed by atoms with Crippen LogP contribution in [0.3, 0.4) is 0 Å². The van der Waals surface area contributed by atoms with Gasteiger partial charge in [-0.2, -0.15) is 5.26 Å². The quantitative estimate of drug-likeness (QED) is 0.290. The van der Waals surface area contributed by atoms with Crippen LogP contribution in [-0.4, -0.2) is 23.1 Å². The molecule has 0 saturated carbocycles. The van der Waals surface area contributed by atoms with Gasteiger partial charge in [-0.1, -0.05) is 12.1 Å². The third-order valence-electron chi connectivity index (χ3n) is 5.31. The van der Waals surface area contributed by atoms with Crippen molar-refractivity contribution < 1.29 is 18.7 Å². The molecule has 6 nitrogen and oxygen atoms in total. The number of aryl methyl sites for hydroxylation is 2. The molecule has 0 saturated heterocycles. The van der Waals surface area contributed by atoms with Gasteiger partial charge in [-0.25, -0.2) is 9.18 Å². The highest BCUT2D eigenvalue weighted by Crippen LogP contribution is 2.35. The van der Waals surface area contributed by atoms with E-state index in [1.54, 1.807) is 13.0 Å². The van der Waals surface area contributed by atoms with E-state index in [0.717, 1.165) is 26.8 Å². The van der Waals surface area contributed by atoms with Crippen LogP contribution in [0.1, 0.15) is 44.7 Å². The summed E-state index contributed by atoms with van der Waals surface area (Å²) < 4.78 is 21.1. The highest BCUT2D eigenvalue weighted by molar-refractivity contribution is 7.15. The Kier molecular flexibility index (Phi) is 7.14. The minimum atomic E-state index is -0.706. The summed E-state index contributed by atoms with van der Waals surface area (Å²) in [6, 6.07) is 9.48. The first-order valence-corrected chi connectivity index (χ1v) is 11.1. The number of benzene rings is 1. The van der Waals surface area contributed by atoms with Crippen molar-refractivity contribution in [2.24, 2.45) is 0 Å². The van der Waals surface area contributed by atoms with Crippen molar-refractivity contribution in [2.75, 3.05) is 11.9 Å². The average Bonchev–Trinajstić information content (AvgIpc) is 3.21. The van der Waals surface area contributed by atoms with Crippen LogP contribution in [0.15, 0.2) is 35.9 Å². The highest BCUT2D eigenvalue weighted by Gasteiger charge is 2.24. The standard InChI is InChI=1S/C25H24FN3O3S/c1-6-32-25(31)22-15(3)17(5)33-24(22)29-14(2)11-18(16(29)4)12-19(13-27)23(30)28-21-10-8-7-9-20(21)26/h7-12H,6H2,1-5H3,(H,28,30)/b19-12-. The fraction of sp³-hybridized carbons (Fsp3) is 0.240. The second kappa shape index (κ2) is 9.84. The zero-order chi connectivity index (χ0) is 24.3. The summed E-state index contributed by atoms with van der Waals surface area (Å²) in [7, 11) is 0. The summed E-state index contributed by atoms with van der Waals surface area (Å²) in [5, 5.41) is 12.7. The van der Waals surface area contributed by atoms with Crippen LogP contribution in [-0.2, 0) is 9.53 Å². The van der Waals surface area contributed by atoms with Gasteiger partial charge >= 0.3 is 5.97 Å². The molecule has 0 unspecified atom stereocenters. The lowest BCUT2D eigenvalue weighted by atomic mass is 10.1. The molecule has 2 aromatic heterocycles. The summed E-state index contributed by atoms with van der Waals surface area (Å²) in [4.78, 5) is 26.3. The SMILES string of the molecule is CCOC(=O)c1c(-n2c(C)cc(/C=C(/C#N)C(=O)Nc3ccccc3F)c2C)sc(C)c1C. The topological polar surface area (TPSA) is 84.1 Å². The molecule has 1 amide bonds. The maximum absolute atomic E-state index is 13.9. The molecule has 0 aliphatic rings. The van der Waals surface area contributed by atoms with E-state index in [1.807, 2.05) is 44.4 Å². The summed E-state index contributed by atoms with van der Waals surface area (Å²) >= 11 is 1.48. The van der Waals surface area contributed by atoms with Crippen LogP contribution in [0.5, 0.6) is 0 Å². The number of carbonyl (C=O) groups excluding carboxylic acids is 2. The Morgan fingerprint density at radius 3 is 2.58 bits per heavy atom. The third kappa shape index (κ3) is 4.73. The summed E-state index contributed by atoms with van der Waals surface area (Å²) in [6.07, 6.45) is 1.46. The number of ether oxygens (including phenoxy) is 1. The molecule has 0 fully saturated rings. The van der Waals surface area contributed by atoms with Gasteiger partial charge in [0, 0.05) is 16.3 Å². The molecule has 1 N–H and O–H groups in total. The number of anilines is 1. The smallest absolute Gasteiger partial charge is 0.341 e.